The number of rotatable bonds is 6. The van der Waals surface area contributed by atoms with Gasteiger partial charge in [-0.15, -0.1) is 0 Å². The summed E-state index contributed by atoms with van der Waals surface area (Å²) in [4.78, 5) is 0. The first kappa shape index (κ1) is 14.8. The Kier molecular flexibility index (Phi) is 5.60. The number of benzene rings is 1. The summed E-state index contributed by atoms with van der Waals surface area (Å²) in [5.74, 6) is 0.182. The zero-order valence-corrected chi connectivity index (χ0v) is 11.5. The molecule has 0 fully saturated rings. The van der Waals surface area contributed by atoms with E-state index in [1.165, 1.54) is 0 Å². The maximum Gasteiger partial charge on any atom is 0.128 e. The second-order valence-electron chi connectivity index (χ2n) is 3.97. The predicted octanol–water partition coefficient (Wildman–Crippen LogP) is 2.16. The number of phenolic OH excluding ortho intramolecular Hbond substituents is 1. The molecule has 1 aromatic rings. The molecule has 102 valence electrons. The minimum Gasteiger partial charge on any atom is -0.507 e. The van der Waals surface area contributed by atoms with Crippen LogP contribution in [-0.4, -0.2) is 35.3 Å². The van der Waals surface area contributed by atoms with E-state index in [0.29, 0.717) is 11.3 Å². The van der Waals surface area contributed by atoms with E-state index in [1.807, 2.05) is 27.0 Å². The lowest BCUT2D eigenvalue weighted by Crippen LogP contribution is -2.35. The molecule has 0 aliphatic carbocycles. The molecule has 0 aliphatic rings. The molecule has 0 spiro atoms. The molecule has 1 unspecified atom stereocenters. The van der Waals surface area contributed by atoms with Crippen molar-refractivity contribution in [1.82, 2.24) is 10.4 Å². The average molecular weight is 260 g/mol. The van der Waals surface area contributed by atoms with Crippen molar-refractivity contribution in [3.63, 3.8) is 0 Å². The third-order valence-electron chi connectivity index (χ3n) is 2.59. The number of hydrogen-bond acceptors (Lipinski definition) is 5. The molecule has 1 rings (SSSR count). The van der Waals surface area contributed by atoms with E-state index in [9.17, 15) is 5.11 Å². The zero-order valence-electron chi connectivity index (χ0n) is 11.5. The summed E-state index contributed by atoms with van der Waals surface area (Å²) in [6, 6.07) is 7.03. The molecule has 0 amide bonds. The number of phenols is 1. The highest BCUT2D eigenvalue weighted by molar-refractivity contribution is 6.09. The third-order valence-corrected chi connectivity index (χ3v) is 2.59. The molecule has 0 saturated heterocycles. The molecule has 0 aliphatic heterocycles. The van der Waals surface area contributed by atoms with Crippen molar-refractivity contribution in [2.75, 3.05) is 7.05 Å². The Balaban J connectivity index is 2.93. The second-order valence-corrected chi connectivity index (χ2v) is 3.97. The minimum atomic E-state index is -0.0722. The van der Waals surface area contributed by atoms with E-state index < -0.39 is 0 Å². The largest absolute Gasteiger partial charge is 0.507 e. The maximum absolute atomic E-state index is 9.82. The van der Waals surface area contributed by atoms with Gasteiger partial charge in [0, 0.05) is 18.8 Å². The molecule has 0 bridgehead atoms. The number of nitrogens with zero attached hydrogens (tertiary/aromatic N) is 3. The second kappa shape index (κ2) is 7.20. The number of para-hydroxylation sites is 1. The van der Waals surface area contributed by atoms with E-state index in [-0.39, 0.29) is 11.9 Å². The fourth-order valence-electron chi connectivity index (χ4n) is 1.42. The number of aromatic hydroxyl groups is 1. The predicted molar refractivity (Wildman–Crippen MR) is 79.4 cm³/mol. The number of hydrazone groups is 2. The summed E-state index contributed by atoms with van der Waals surface area (Å²) < 4.78 is 0. The topological polar surface area (TPSA) is 60.2 Å². The van der Waals surface area contributed by atoms with Gasteiger partial charge in [-0.2, -0.15) is 10.2 Å². The van der Waals surface area contributed by atoms with Crippen molar-refractivity contribution in [3.05, 3.63) is 42.5 Å². The molecule has 1 atom stereocenters. The van der Waals surface area contributed by atoms with Crippen molar-refractivity contribution in [2.45, 2.75) is 20.0 Å². The normalized spacial score (nSPS) is 13.3. The number of hydrogen-bond donors (Lipinski definition) is 2. The highest BCUT2D eigenvalue weighted by Crippen LogP contribution is 2.17. The Bertz CT molecular complexity index is 482. The van der Waals surface area contributed by atoms with Gasteiger partial charge in [-0.3, -0.25) is 10.4 Å². The van der Waals surface area contributed by atoms with Crippen LogP contribution in [0.5, 0.6) is 5.75 Å². The van der Waals surface area contributed by atoms with Gasteiger partial charge < -0.3 is 5.11 Å². The van der Waals surface area contributed by atoms with Crippen LogP contribution in [0, 0.1) is 0 Å². The van der Waals surface area contributed by atoms with Gasteiger partial charge in [-0.25, -0.2) is 0 Å². The van der Waals surface area contributed by atoms with E-state index in [4.69, 9.17) is 0 Å². The molecule has 1 aromatic carbocycles. The first-order chi connectivity index (χ1) is 9.10. The van der Waals surface area contributed by atoms with Crippen LogP contribution in [0.3, 0.4) is 0 Å². The lowest BCUT2D eigenvalue weighted by molar-refractivity contribution is 0.233. The molecule has 0 radical (unpaired) electrons. The molecule has 19 heavy (non-hydrogen) atoms. The lowest BCUT2D eigenvalue weighted by Gasteiger charge is -2.22. The molecule has 0 saturated carbocycles. The van der Waals surface area contributed by atoms with Crippen LogP contribution in [0.25, 0.3) is 0 Å². The van der Waals surface area contributed by atoms with E-state index in [2.05, 4.69) is 22.2 Å². The van der Waals surface area contributed by atoms with Crippen molar-refractivity contribution < 1.29 is 5.11 Å². The summed E-state index contributed by atoms with van der Waals surface area (Å²) in [5, 5.41) is 19.9. The van der Waals surface area contributed by atoms with Gasteiger partial charge in [0.15, 0.2) is 0 Å². The van der Waals surface area contributed by atoms with Crippen LogP contribution in [0.15, 0.2) is 47.1 Å². The highest BCUT2D eigenvalue weighted by atomic mass is 16.3. The monoisotopic (exact) mass is 260 g/mol. The van der Waals surface area contributed by atoms with Gasteiger partial charge in [-0.05, 0) is 32.1 Å². The van der Waals surface area contributed by atoms with E-state index in [1.54, 1.807) is 35.5 Å². The summed E-state index contributed by atoms with van der Waals surface area (Å²) in [6.45, 7) is 7.50. The van der Waals surface area contributed by atoms with Crippen LogP contribution < -0.4 is 5.43 Å². The van der Waals surface area contributed by atoms with Crippen LogP contribution >= 0.6 is 0 Å². The highest BCUT2D eigenvalue weighted by Gasteiger charge is 2.09. The summed E-state index contributed by atoms with van der Waals surface area (Å²) in [6.07, 6.45) is 3.21. The lowest BCUT2D eigenvalue weighted by atomic mass is 10.1. The Labute approximate surface area is 113 Å². The van der Waals surface area contributed by atoms with Gasteiger partial charge in [-0.1, -0.05) is 18.7 Å². The Hall–Kier alpha value is -2.30. The molecule has 2 N–H and O–H groups in total. The molecule has 5 nitrogen and oxygen atoms in total. The SMILES string of the molecule is C=C/C(=N\N(C)C(C)N/N=C\C)c1ccccc1O. The summed E-state index contributed by atoms with van der Waals surface area (Å²) in [7, 11) is 1.83. The van der Waals surface area contributed by atoms with Crippen LogP contribution in [0.2, 0.25) is 0 Å². The fraction of sp³-hybridized carbons (Fsp3) is 0.286. The van der Waals surface area contributed by atoms with Crippen LogP contribution in [-0.2, 0) is 0 Å². The summed E-state index contributed by atoms with van der Waals surface area (Å²) in [5.41, 5.74) is 4.17. The standard InChI is InChI=1S/C14H20N4O/c1-5-13(12-9-7-8-10-14(12)19)17-18(4)11(3)16-15-6-2/h5-11,16,19H,1H2,2-4H3/b15-6-,17-13+. The Morgan fingerprint density at radius 3 is 2.74 bits per heavy atom. The first-order valence-corrected chi connectivity index (χ1v) is 6.05. The van der Waals surface area contributed by atoms with Crippen molar-refractivity contribution in [1.29, 1.82) is 0 Å². The van der Waals surface area contributed by atoms with Gasteiger partial charge >= 0.3 is 0 Å². The molecular formula is C14H20N4O. The third kappa shape index (κ3) is 4.13. The van der Waals surface area contributed by atoms with Crippen LogP contribution in [0.1, 0.15) is 19.4 Å². The quantitative estimate of drug-likeness (QED) is 0.468. The van der Waals surface area contributed by atoms with Crippen molar-refractivity contribution in [3.8, 4) is 5.75 Å². The molecule has 5 heteroatoms. The van der Waals surface area contributed by atoms with Crippen molar-refractivity contribution in [2.24, 2.45) is 10.2 Å². The van der Waals surface area contributed by atoms with E-state index in [0.717, 1.165) is 0 Å². The number of allylic oxidation sites excluding steroid dienone is 1. The zero-order chi connectivity index (χ0) is 14.3. The summed E-state index contributed by atoms with van der Waals surface area (Å²) >= 11 is 0. The molecular weight excluding hydrogens is 240 g/mol. The van der Waals surface area contributed by atoms with Crippen molar-refractivity contribution >= 4 is 11.9 Å². The molecule has 0 heterocycles. The van der Waals surface area contributed by atoms with E-state index >= 15 is 0 Å². The smallest absolute Gasteiger partial charge is 0.128 e. The first-order valence-electron chi connectivity index (χ1n) is 6.05. The van der Waals surface area contributed by atoms with Gasteiger partial charge in [0.25, 0.3) is 0 Å². The minimum absolute atomic E-state index is 0.0722. The Morgan fingerprint density at radius 2 is 2.16 bits per heavy atom. The van der Waals surface area contributed by atoms with Gasteiger partial charge in [0.1, 0.15) is 11.9 Å². The van der Waals surface area contributed by atoms with Gasteiger partial charge in [0.2, 0.25) is 0 Å². The molecule has 0 aromatic heterocycles. The number of nitrogens with one attached hydrogen (secondary N) is 1. The Morgan fingerprint density at radius 1 is 1.47 bits per heavy atom. The van der Waals surface area contributed by atoms with Crippen LogP contribution in [0.4, 0.5) is 0 Å². The fourth-order valence-corrected chi connectivity index (χ4v) is 1.42. The van der Waals surface area contributed by atoms with Gasteiger partial charge in [0.05, 0.1) is 5.71 Å². The average Bonchev–Trinajstić information content (AvgIpc) is 2.42. The maximum atomic E-state index is 9.82.